The Morgan fingerprint density at radius 2 is 1.93 bits per heavy atom. The third kappa shape index (κ3) is 5.84. The molecule has 0 saturated heterocycles. The number of halogens is 2. The van der Waals surface area contributed by atoms with E-state index in [1.165, 1.54) is 12.1 Å². The largest absolute Gasteiger partial charge is 0.326 e. The van der Waals surface area contributed by atoms with Crippen LogP contribution < -0.4 is 10.0 Å². The van der Waals surface area contributed by atoms with Crippen LogP contribution in [0, 0.1) is 12.7 Å². The molecule has 2 N–H and O–H groups in total. The monoisotopic (exact) mass is 497 g/mol. The second kappa shape index (κ2) is 9.02. The van der Waals surface area contributed by atoms with Crippen molar-refractivity contribution in [3.63, 3.8) is 0 Å². The number of sulfonamides is 1. The maximum absolute atomic E-state index is 13.0. The predicted molar refractivity (Wildman–Crippen MR) is 115 cm³/mol. The van der Waals surface area contributed by atoms with Gasteiger partial charge in [0.05, 0.1) is 10.6 Å². The molecule has 0 unspecified atom stereocenters. The van der Waals surface area contributed by atoms with Crippen LogP contribution in [0.1, 0.15) is 17.7 Å². The third-order valence-corrected chi connectivity index (χ3v) is 6.75. The van der Waals surface area contributed by atoms with Crippen LogP contribution in [0.3, 0.4) is 0 Å². The number of hydrogen-bond donors (Lipinski definition) is 2. The van der Waals surface area contributed by atoms with E-state index in [2.05, 4.69) is 31.0 Å². The Bertz CT molecular complexity index is 1130. The minimum absolute atomic E-state index is 0.0557. The van der Waals surface area contributed by atoms with Crippen LogP contribution in [0.15, 0.2) is 57.2 Å². The van der Waals surface area contributed by atoms with E-state index in [1.54, 1.807) is 5.38 Å². The molecule has 3 rings (SSSR count). The zero-order chi connectivity index (χ0) is 21.0. The Morgan fingerprint density at radius 3 is 2.62 bits per heavy atom. The van der Waals surface area contributed by atoms with Crippen molar-refractivity contribution in [2.75, 3.05) is 10.0 Å². The van der Waals surface area contributed by atoms with E-state index in [0.29, 0.717) is 12.1 Å². The number of thiazole rings is 1. The van der Waals surface area contributed by atoms with E-state index < -0.39 is 15.8 Å². The van der Waals surface area contributed by atoms with Crippen LogP contribution >= 0.6 is 27.3 Å². The lowest BCUT2D eigenvalue weighted by Gasteiger charge is -2.08. The molecule has 0 aliphatic carbocycles. The number of rotatable bonds is 7. The third-order valence-electron chi connectivity index (χ3n) is 3.97. The average molecular weight is 498 g/mol. The number of hydrogen-bond acceptors (Lipinski definition) is 5. The minimum Gasteiger partial charge on any atom is -0.326 e. The van der Waals surface area contributed by atoms with Crippen molar-refractivity contribution in [3.05, 3.63) is 69.4 Å². The zero-order valence-electron chi connectivity index (χ0n) is 15.3. The summed E-state index contributed by atoms with van der Waals surface area (Å²) in [5, 5.41) is 4.74. The van der Waals surface area contributed by atoms with Crippen LogP contribution in [-0.4, -0.2) is 19.3 Å². The normalized spacial score (nSPS) is 11.3. The molecule has 0 spiro atoms. The number of aromatic nitrogens is 1. The van der Waals surface area contributed by atoms with Crippen LogP contribution in [0.25, 0.3) is 0 Å². The first kappa shape index (κ1) is 21.4. The highest BCUT2D eigenvalue weighted by atomic mass is 79.9. The Morgan fingerprint density at radius 1 is 1.21 bits per heavy atom. The van der Waals surface area contributed by atoms with Crippen LogP contribution in [-0.2, 0) is 21.2 Å². The molecule has 3 aromatic rings. The number of aryl methyl sites for hydroxylation is 2. The number of carbonyl (C=O) groups is 1. The summed E-state index contributed by atoms with van der Waals surface area (Å²) in [6.07, 6.45) is 0.583. The molecule has 0 fully saturated rings. The van der Waals surface area contributed by atoms with Gasteiger partial charge in [-0.1, -0.05) is 15.9 Å². The Balaban J connectivity index is 1.57. The van der Waals surface area contributed by atoms with Gasteiger partial charge in [-0.25, -0.2) is 17.8 Å². The number of nitrogens with one attached hydrogen (secondary N) is 2. The SMILES string of the molecule is Cc1cc(Br)ccc1NC(=O)CCc1csc(NS(=O)(=O)c2ccc(F)cc2)n1. The summed E-state index contributed by atoms with van der Waals surface area (Å²) in [7, 11) is -3.85. The van der Waals surface area contributed by atoms with Gasteiger partial charge in [0.25, 0.3) is 10.0 Å². The smallest absolute Gasteiger partial charge is 0.263 e. The van der Waals surface area contributed by atoms with E-state index in [1.807, 2.05) is 25.1 Å². The summed E-state index contributed by atoms with van der Waals surface area (Å²) in [5.74, 6) is -0.672. The van der Waals surface area contributed by atoms with Gasteiger partial charge >= 0.3 is 0 Å². The van der Waals surface area contributed by atoms with Crippen molar-refractivity contribution < 1.29 is 17.6 Å². The standard InChI is InChI=1S/C19H17BrFN3O3S2/c1-12-10-13(20)2-8-17(12)23-18(25)9-5-15-11-28-19(22-15)24-29(26,27)16-6-3-14(21)4-7-16/h2-4,6-8,10-11H,5,9H2,1H3,(H,22,24)(H,23,25). The molecule has 10 heteroatoms. The predicted octanol–water partition coefficient (Wildman–Crippen LogP) is 4.73. The molecule has 0 atom stereocenters. The quantitative estimate of drug-likeness (QED) is 0.493. The highest BCUT2D eigenvalue weighted by Gasteiger charge is 2.16. The van der Waals surface area contributed by atoms with Gasteiger partial charge in [-0.3, -0.25) is 9.52 Å². The van der Waals surface area contributed by atoms with Gasteiger partial charge in [0.2, 0.25) is 5.91 Å². The molecule has 0 radical (unpaired) electrons. The van der Waals surface area contributed by atoms with Gasteiger partial charge in [-0.05, 0) is 61.4 Å². The molecule has 152 valence electrons. The summed E-state index contributed by atoms with van der Waals surface area (Å²) in [6, 6.07) is 10.1. The molecule has 2 aromatic carbocycles. The number of anilines is 2. The van der Waals surface area contributed by atoms with Gasteiger partial charge in [0, 0.05) is 22.0 Å². The van der Waals surface area contributed by atoms with Crippen molar-refractivity contribution in [1.29, 1.82) is 0 Å². The number of carbonyl (C=O) groups excluding carboxylic acids is 1. The molecule has 1 amide bonds. The lowest BCUT2D eigenvalue weighted by Crippen LogP contribution is -2.14. The van der Waals surface area contributed by atoms with E-state index in [0.717, 1.165) is 39.2 Å². The molecule has 0 aliphatic rings. The van der Waals surface area contributed by atoms with Crippen molar-refractivity contribution >= 4 is 54.0 Å². The molecule has 6 nitrogen and oxygen atoms in total. The topological polar surface area (TPSA) is 88.2 Å². The second-order valence-corrected chi connectivity index (χ2v) is 9.67. The first-order chi connectivity index (χ1) is 13.7. The maximum Gasteiger partial charge on any atom is 0.263 e. The summed E-state index contributed by atoms with van der Waals surface area (Å²) in [4.78, 5) is 16.3. The highest BCUT2D eigenvalue weighted by Crippen LogP contribution is 2.22. The lowest BCUT2D eigenvalue weighted by molar-refractivity contribution is -0.116. The van der Waals surface area contributed by atoms with Crippen LogP contribution in [0.5, 0.6) is 0 Å². The Kier molecular flexibility index (Phi) is 6.66. The summed E-state index contributed by atoms with van der Waals surface area (Å²) in [6.45, 7) is 1.90. The van der Waals surface area contributed by atoms with Gasteiger partial charge in [-0.15, -0.1) is 11.3 Å². The van der Waals surface area contributed by atoms with E-state index in [4.69, 9.17) is 0 Å². The first-order valence-corrected chi connectivity index (χ1v) is 11.7. The number of nitrogens with zero attached hydrogens (tertiary/aromatic N) is 1. The zero-order valence-corrected chi connectivity index (χ0v) is 18.5. The summed E-state index contributed by atoms with van der Waals surface area (Å²) in [5.41, 5.74) is 2.29. The van der Waals surface area contributed by atoms with E-state index in [-0.39, 0.29) is 22.4 Å². The lowest BCUT2D eigenvalue weighted by atomic mass is 10.2. The van der Waals surface area contributed by atoms with Crippen molar-refractivity contribution in [1.82, 2.24) is 4.98 Å². The second-order valence-electron chi connectivity index (χ2n) is 6.21. The van der Waals surface area contributed by atoms with Crippen LogP contribution in [0.4, 0.5) is 15.2 Å². The minimum atomic E-state index is -3.85. The van der Waals surface area contributed by atoms with Crippen molar-refractivity contribution in [2.45, 2.75) is 24.7 Å². The molecule has 0 saturated carbocycles. The first-order valence-electron chi connectivity index (χ1n) is 8.52. The maximum atomic E-state index is 13.0. The van der Waals surface area contributed by atoms with Gasteiger partial charge in [0.15, 0.2) is 5.13 Å². The molecule has 0 aliphatic heterocycles. The van der Waals surface area contributed by atoms with Crippen molar-refractivity contribution in [3.8, 4) is 0 Å². The Labute approximate surface area is 180 Å². The fourth-order valence-electron chi connectivity index (χ4n) is 2.48. The molecular weight excluding hydrogens is 481 g/mol. The molecular formula is C19H17BrFN3O3S2. The summed E-state index contributed by atoms with van der Waals surface area (Å²) < 4.78 is 40.9. The Hall–Kier alpha value is -2.30. The highest BCUT2D eigenvalue weighted by molar-refractivity contribution is 9.10. The number of amides is 1. The molecule has 1 heterocycles. The van der Waals surface area contributed by atoms with Crippen LogP contribution in [0.2, 0.25) is 0 Å². The summed E-state index contributed by atoms with van der Waals surface area (Å²) >= 11 is 4.50. The fourth-order valence-corrected chi connectivity index (χ4v) is 4.95. The van der Waals surface area contributed by atoms with E-state index in [9.17, 15) is 17.6 Å². The molecule has 29 heavy (non-hydrogen) atoms. The fraction of sp³-hybridized carbons (Fsp3) is 0.158. The van der Waals surface area contributed by atoms with Gasteiger partial charge < -0.3 is 5.32 Å². The molecule has 1 aromatic heterocycles. The van der Waals surface area contributed by atoms with Crippen molar-refractivity contribution in [2.24, 2.45) is 0 Å². The average Bonchev–Trinajstić information content (AvgIpc) is 3.09. The molecule has 0 bridgehead atoms. The van der Waals surface area contributed by atoms with Gasteiger partial charge in [-0.2, -0.15) is 0 Å². The number of benzene rings is 2. The van der Waals surface area contributed by atoms with E-state index >= 15 is 0 Å². The van der Waals surface area contributed by atoms with Gasteiger partial charge in [0.1, 0.15) is 5.82 Å².